The normalized spacial score (nSPS) is 12.7. The van der Waals surface area contributed by atoms with Gasteiger partial charge in [-0.2, -0.15) is 0 Å². The number of aryl methyl sites for hydroxylation is 1. The van der Waals surface area contributed by atoms with Gasteiger partial charge in [0.05, 0.1) is 16.5 Å². The third-order valence-electron chi connectivity index (χ3n) is 7.03. The molecule has 9 nitrogen and oxygen atoms in total. The van der Waals surface area contributed by atoms with E-state index in [1.54, 1.807) is 30.5 Å². The number of pyridine rings is 2. The fraction of sp³-hybridized carbons (Fsp3) is 0.167. The van der Waals surface area contributed by atoms with Crippen molar-refractivity contribution in [1.82, 2.24) is 14.0 Å². The molecule has 6 rings (SSSR count). The zero-order valence-corrected chi connectivity index (χ0v) is 22.4. The van der Waals surface area contributed by atoms with Crippen LogP contribution in [0.3, 0.4) is 0 Å². The fourth-order valence-electron chi connectivity index (χ4n) is 5.15. The average Bonchev–Trinajstić information content (AvgIpc) is 3.33. The zero-order chi connectivity index (χ0) is 27.8. The molecule has 0 bridgehead atoms. The summed E-state index contributed by atoms with van der Waals surface area (Å²) < 4.78 is 2.90. The molecule has 0 atom stereocenters. The van der Waals surface area contributed by atoms with Crippen LogP contribution in [0.15, 0.2) is 78.2 Å². The van der Waals surface area contributed by atoms with Gasteiger partial charge in [-0.3, -0.25) is 24.2 Å². The molecule has 1 aliphatic rings. The maximum Gasteiger partial charge on any atom is 0.267 e. The Morgan fingerprint density at radius 2 is 1.82 bits per heavy atom. The Hall–Kier alpha value is -4.83. The number of rotatable bonds is 6. The van der Waals surface area contributed by atoms with Crippen LogP contribution in [0.4, 0.5) is 10.7 Å². The smallest absolute Gasteiger partial charge is 0.267 e. The monoisotopic (exact) mass is 550 g/mol. The molecule has 3 N–H and O–H groups in total. The highest BCUT2D eigenvalue weighted by molar-refractivity contribution is 7.17. The summed E-state index contributed by atoms with van der Waals surface area (Å²) in [5, 5.41) is 15.4. The van der Waals surface area contributed by atoms with Crippen molar-refractivity contribution in [3.05, 3.63) is 111 Å². The molecule has 0 radical (unpaired) electrons. The van der Waals surface area contributed by atoms with Gasteiger partial charge in [-0.05, 0) is 61.6 Å². The molecule has 0 unspecified atom stereocenters. The Kier molecular flexibility index (Phi) is 6.61. The number of carbonyl (C=O) groups is 2. The lowest BCUT2D eigenvalue weighted by Gasteiger charge is -2.14. The number of hydrogen-bond donors (Lipinski definition) is 3. The van der Waals surface area contributed by atoms with Crippen LogP contribution in [0.1, 0.15) is 44.0 Å². The molecule has 2 amide bonds. The van der Waals surface area contributed by atoms with Crippen molar-refractivity contribution in [2.75, 3.05) is 10.6 Å². The first-order chi connectivity index (χ1) is 19.5. The third-order valence-corrected chi connectivity index (χ3v) is 8.24. The largest absolute Gasteiger partial charge is 0.322 e. The standard InChI is InChI=1S/C30H26N6O3S/c1-2-15-36-25(31)20(17-21-26(36)33-23-14-8-9-16-35(23)30(21)39)27(37)34-29-24(19-12-6-7-13-22(19)40-29)28(38)32-18-10-4-3-5-11-18/h2-5,8-11,14,16-17,31H,1,6-7,12-13,15H2,(H,32,38)(H,34,37). The summed E-state index contributed by atoms with van der Waals surface area (Å²) in [4.78, 5) is 46.3. The van der Waals surface area contributed by atoms with Crippen molar-refractivity contribution in [1.29, 1.82) is 5.41 Å². The van der Waals surface area contributed by atoms with Crippen LogP contribution in [-0.2, 0) is 19.4 Å². The maximum absolute atomic E-state index is 13.7. The van der Waals surface area contributed by atoms with Gasteiger partial charge in [-0.25, -0.2) is 4.98 Å². The first-order valence-electron chi connectivity index (χ1n) is 13.0. The average molecular weight is 551 g/mol. The molecule has 4 heterocycles. The predicted molar refractivity (Wildman–Crippen MR) is 156 cm³/mol. The second-order valence-electron chi connectivity index (χ2n) is 9.58. The number of benzene rings is 1. The fourth-order valence-corrected chi connectivity index (χ4v) is 6.43. The molecule has 1 aromatic carbocycles. The van der Waals surface area contributed by atoms with Crippen LogP contribution in [0.2, 0.25) is 0 Å². The van der Waals surface area contributed by atoms with E-state index >= 15 is 0 Å². The highest BCUT2D eigenvalue weighted by Crippen LogP contribution is 2.38. The molecule has 5 aromatic rings. The van der Waals surface area contributed by atoms with Crippen LogP contribution in [0.25, 0.3) is 16.7 Å². The number of allylic oxidation sites excluding steroid dienone is 1. The summed E-state index contributed by atoms with van der Waals surface area (Å²) in [5.74, 6) is -0.865. The second kappa shape index (κ2) is 10.4. The van der Waals surface area contributed by atoms with Crippen LogP contribution in [0.5, 0.6) is 0 Å². The predicted octanol–water partition coefficient (Wildman–Crippen LogP) is 4.76. The molecule has 1 aliphatic carbocycles. The van der Waals surface area contributed by atoms with E-state index in [0.717, 1.165) is 36.1 Å². The number of thiophene rings is 1. The van der Waals surface area contributed by atoms with E-state index in [1.807, 2.05) is 30.3 Å². The molecule has 0 saturated heterocycles. The van der Waals surface area contributed by atoms with Crippen molar-refractivity contribution in [2.45, 2.75) is 32.2 Å². The summed E-state index contributed by atoms with van der Waals surface area (Å²) in [6, 6.07) is 15.8. The molecule has 0 aliphatic heterocycles. The van der Waals surface area contributed by atoms with Crippen LogP contribution >= 0.6 is 11.3 Å². The number of para-hydroxylation sites is 1. The summed E-state index contributed by atoms with van der Waals surface area (Å²) in [6.07, 6.45) is 6.80. The van der Waals surface area contributed by atoms with E-state index in [4.69, 9.17) is 5.41 Å². The van der Waals surface area contributed by atoms with Crippen molar-refractivity contribution in [3.63, 3.8) is 0 Å². The molecule has 200 valence electrons. The van der Waals surface area contributed by atoms with E-state index in [9.17, 15) is 14.4 Å². The van der Waals surface area contributed by atoms with Gasteiger partial charge in [0.25, 0.3) is 17.4 Å². The number of aromatic nitrogens is 3. The van der Waals surface area contributed by atoms with Gasteiger partial charge in [0.1, 0.15) is 21.8 Å². The SMILES string of the molecule is C=CCn1c(=N)c(C(=O)Nc2sc3c(c2C(=O)Nc2ccccc2)CCCC3)cc2c(=O)n3ccccc3nc21. The van der Waals surface area contributed by atoms with Gasteiger partial charge in [-0.1, -0.05) is 30.3 Å². The zero-order valence-electron chi connectivity index (χ0n) is 21.6. The minimum atomic E-state index is -0.574. The molecule has 40 heavy (non-hydrogen) atoms. The lowest BCUT2D eigenvalue weighted by Crippen LogP contribution is -2.32. The summed E-state index contributed by atoms with van der Waals surface area (Å²) in [7, 11) is 0. The van der Waals surface area contributed by atoms with Crippen LogP contribution in [0, 0.1) is 5.41 Å². The van der Waals surface area contributed by atoms with Gasteiger partial charge in [0.15, 0.2) is 0 Å². The lowest BCUT2D eigenvalue weighted by atomic mass is 9.95. The van der Waals surface area contributed by atoms with Crippen molar-refractivity contribution in [3.8, 4) is 0 Å². The van der Waals surface area contributed by atoms with Crippen molar-refractivity contribution in [2.24, 2.45) is 0 Å². The summed E-state index contributed by atoms with van der Waals surface area (Å²) >= 11 is 1.40. The van der Waals surface area contributed by atoms with E-state index in [0.29, 0.717) is 27.5 Å². The van der Waals surface area contributed by atoms with Crippen molar-refractivity contribution < 1.29 is 9.59 Å². The quantitative estimate of drug-likeness (QED) is 0.208. The second-order valence-corrected chi connectivity index (χ2v) is 10.7. The minimum absolute atomic E-state index is 0.00456. The molecular weight excluding hydrogens is 524 g/mol. The van der Waals surface area contributed by atoms with Gasteiger partial charge in [-0.15, -0.1) is 17.9 Å². The maximum atomic E-state index is 13.7. The Balaban J connectivity index is 1.45. The van der Waals surface area contributed by atoms with Crippen molar-refractivity contribution >= 4 is 50.5 Å². The Morgan fingerprint density at radius 1 is 1.05 bits per heavy atom. The number of amides is 2. The highest BCUT2D eigenvalue weighted by Gasteiger charge is 2.27. The van der Waals surface area contributed by atoms with E-state index in [1.165, 1.54) is 26.4 Å². The number of fused-ring (bicyclic) bond motifs is 3. The number of carbonyl (C=O) groups excluding carboxylic acids is 2. The molecular formula is C30H26N6O3S. The van der Waals surface area contributed by atoms with E-state index in [2.05, 4.69) is 22.2 Å². The first kappa shape index (κ1) is 25.4. The first-order valence-corrected chi connectivity index (χ1v) is 13.8. The highest BCUT2D eigenvalue weighted by atomic mass is 32.1. The van der Waals surface area contributed by atoms with Gasteiger partial charge < -0.3 is 15.2 Å². The Morgan fingerprint density at radius 3 is 2.62 bits per heavy atom. The Bertz CT molecular complexity index is 1940. The molecule has 0 spiro atoms. The van der Waals surface area contributed by atoms with Crippen LogP contribution < -0.4 is 21.7 Å². The van der Waals surface area contributed by atoms with Gasteiger partial charge in [0.2, 0.25) is 0 Å². The number of nitrogens with one attached hydrogen (secondary N) is 3. The molecule has 10 heteroatoms. The molecule has 0 saturated carbocycles. The number of nitrogens with zero attached hydrogens (tertiary/aromatic N) is 3. The Labute approximate surface area is 233 Å². The number of hydrogen-bond acceptors (Lipinski definition) is 6. The number of anilines is 2. The molecule has 0 fully saturated rings. The third kappa shape index (κ3) is 4.42. The molecule has 4 aromatic heterocycles. The van der Waals surface area contributed by atoms with E-state index < -0.39 is 5.91 Å². The summed E-state index contributed by atoms with van der Waals surface area (Å²) in [6.45, 7) is 3.96. The topological polar surface area (TPSA) is 121 Å². The van der Waals surface area contributed by atoms with Gasteiger partial charge >= 0.3 is 0 Å². The van der Waals surface area contributed by atoms with E-state index in [-0.39, 0.29) is 34.4 Å². The minimum Gasteiger partial charge on any atom is -0.322 e. The summed E-state index contributed by atoms with van der Waals surface area (Å²) in [5.41, 5.74) is 2.37. The van der Waals surface area contributed by atoms with Gasteiger partial charge in [0, 0.05) is 23.3 Å². The van der Waals surface area contributed by atoms with Crippen LogP contribution in [-0.4, -0.2) is 25.8 Å². The lowest BCUT2D eigenvalue weighted by molar-refractivity contribution is 0.102.